The Balaban J connectivity index is 0.890. The molecule has 13 aromatic rings. The Morgan fingerprint density at radius 2 is 0.761 bits per heavy atom. The lowest BCUT2D eigenvalue weighted by molar-refractivity contribution is 0.669. The minimum absolute atomic E-state index is 0.901. The Bertz CT molecular complexity index is 3900. The highest BCUT2D eigenvalue weighted by molar-refractivity contribution is 6.10. The third-order valence-corrected chi connectivity index (χ3v) is 13.4. The Morgan fingerprint density at radius 3 is 1.39 bits per heavy atom. The van der Waals surface area contributed by atoms with Crippen molar-refractivity contribution in [3.05, 3.63) is 255 Å². The number of para-hydroxylation sites is 3. The molecule has 0 amide bonds. The monoisotopic (exact) mass is 854 g/mol. The van der Waals surface area contributed by atoms with Crippen molar-refractivity contribution in [3.63, 3.8) is 0 Å². The first-order valence-corrected chi connectivity index (χ1v) is 22.9. The maximum Gasteiger partial charge on any atom is 0.135 e. The van der Waals surface area contributed by atoms with Gasteiger partial charge in [0.25, 0.3) is 0 Å². The predicted octanol–water partition coefficient (Wildman–Crippen LogP) is 18.0. The van der Waals surface area contributed by atoms with E-state index >= 15 is 0 Å². The molecule has 3 nitrogen and oxygen atoms in total. The molecule has 0 atom stereocenters. The fourth-order valence-corrected chi connectivity index (χ4v) is 10.2. The van der Waals surface area contributed by atoms with E-state index in [-0.39, 0.29) is 0 Å². The third kappa shape index (κ3) is 6.67. The second-order valence-electron chi connectivity index (χ2n) is 17.3. The van der Waals surface area contributed by atoms with Crippen LogP contribution in [0, 0.1) is 0 Å². The number of anilines is 3. The van der Waals surface area contributed by atoms with Gasteiger partial charge in [-0.2, -0.15) is 0 Å². The Kier molecular flexibility index (Phi) is 9.17. The number of aromatic nitrogens is 1. The van der Waals surface area contributed by atoms with Gasteiger partial charge in [0.1, 0.15) is 11.2 Å². The fourth-order valence-electron chi connectivity index (χ4n) is 10.2. The molecule has 0 N–H and O–H groups in total. The summed E-state index contributed by atoms with van der Waals surface area (Å²) in [7, 11) is 0. The number of fused-ring (bicyclic) bond motifs is 7. The van der Waals surface area contributed by atoms with Gasteiger partial charge in [-0.25, -0.2) is 0 Å². The van der Waals surface area contributed by atoms with Gasteiger partial charge < -0.3 is 13.9 Å². The Hall–Kier alpha value is -8.92. The van der Waals surface area contributed by atoms with E-state index in [0.717, 1.165) is 61.4 Å². The highest BCUT2D eigenvalue weighted by Crippen LogP contribution is 2.42. The van der Waals surface area contributed by atoms with Crippen molar-refractivity contribution in [2.75, 3.05) is 4.90 Å². The fraction of sp³-hybridized carbons (Fsp3) is 0. The molecule has 0 saturated carbocycles. The lowest BCUT2D eigenvalue weighted by atomic mass is 9.91. The van der Waals surface area contributed by atoms with Crippen molar-refractivity contribution in [3.8, 4) is 50.2 Å². The number of nitrogens with zero attached hydrogens (tertiary/aromatic N) is 2. The molecule has 13 rings (SSSR count). The first kappa shape index (κ1) is 38.5. The zero-order valence-corrected chi connectivity index (χ0v) is 36.6. The molecule has 0 radical (unpaired) electrons. The van der Waals surface area contributed by atoms with Crippen molar-refractivity contribution < 1.29 is 4.42 Å². The van der Waals surface area contributed by atoms with Crippen molar-refractivity contribution in [1.29, 1.82) is 0 Å². The van der Waals surface area contributed by atoms with Crippen LogP contribution >= 0.6 is 0 Å². The van der Waals surface area contributed by atoms with E-state index in [4.69, 9.17) is 4.42 Å². The zero-order valence-electron chi connectivity index (χ0n) is 36.6. The van der Waals surface area contributed by atoms with Crippen molar-refractivity contribution in [2.45, 2.75) is 0 Å². The maximum atomic E-state index is 6.16. The van der Waals surface area contributed by atoms with E-state index in [1.54, 1.807) is 0 Å². The lowest BCUT2D eigenvalue weighted by Crippen LogP contribution is -2.09. The Morgan fingerprint density at radius 1 is 0.299 bits per heavy atom. The van der Waals surface area contributed by atoms with Gasteiger partial charge >= 0.3 is 0 Å². The molecule has 314 valence electrons. The molecule has 0 spiro atoms. The largest absolute Gasteiger partial charge is 0.456 e. The third-order valence-electron chi connectivity index (χ3n) is 13.4. The summed E-state index contributed by atoms with van der Waals surface area (Å²) in [5, 5.41) is 7.27. The molecular weight excluding hydrogens is 813 g/mol. The van der Waals surface area contributed by atoms with E-state index in [0.29, 0.717) is 0 Å². The summed E-state index contributed by atoms with van der Waals surface area (Å²) in [5.74, 6) is 0. The van der Waals surface area contributed by atoms with Crippen LogP contribution in [0.4, 0.5) is 17.1 Å². The molecule has 3 heteroatoms. The van der Waals surface area contributed by atoms with Gasteiger partial charge in [0.05, 0.1) is 11.0 Å². The molecular formula is C64H42N2O. The normalized spacial score (nSPS) is 11.6. The van der Waals surface area contributed by atoms with Gasteiger partial charge in [-0.3, -0.25) is 0 Å². The highest BCUT2D eigenvalue weighted by atomic mass is 16.3. The van der Waals surface area contributed by atoms with Crippen molar-refractivity contribution in [2.24, 2.45) is 0 Å². The van der Waals surface area contributed by atoms with E-state index in [1.165, 1.54) is 60.4 Å². The quantitative estimate of drug-likeness (QED) is 0.152. The zero-order chi connectivity index (χ0) is 44.3. The average Bonchev–Trinajstić information content (AvgIpc) is 3.95. The van der Waals surface area contributed by atoms with Gasteiger partial charge in [0.2, 0.25) is 0 Å². The first-order valence-electron chi connectivity index (χ1n) is 22.9. The van der Waals surface area contributed by atoms with Crippen LogP contribution in [0.15, 0.2) is 259 Å². The topological polar surface area (TPSA) is 21.3 Å². The summed E-state index contributed by atoms with van der Waals surface area (Å²) in [4.78, 5) is 2.36. The number of hydrogen-bond acceptors (Lipinski definition) is 2. The van der Waals surface area contributed by atoms with Gasteiger partial charge in [0.15, 0.2) is 0 Å². The van der Waals surface area contributed by atoms with Crippen molar-refractivity contribution >= 4 is 71.6 Å². The number of furan rings is 1. The lowest BCUT2D eigenvalue weighted by Gasteiger charge is -2.26. The van der Waals surface area contributed by atoms with Crippen LogP contribution in [0.2, 0.25) is 0 Å². The summed E-state index contributed by atoms with van der Waals surface area (Å²) in [6, 6.07) is 92.0. The molecule has 0 fully saturated rings. The number of rotatable bonds is 8. The molecule has 2 aromatic heterocycles. The molecule has 11 aromatic carbocycles. The van der Waals surface area contributed by atoms with Gasteiger partial charge in [-0.05, 0) is 134 Å². The maximum absolute atomic E-state index is 6.16. The van der Waals surface area contributed by atoms with Crippen molar-refractivity contribution in [1.82, 2.24) is 4.57 Å². The minimum atomic E-state index is 0.901. The van der Waals surface area contributed by atoms with Gasteiger partial charge in [-0.1, -0.05) is 176 Å². The van der Waals surface area contributed by atoms with Crippen LogP contribution in [0.1, 0.15) is 0 Å². The molecule has 2 heterocycles. The molecule has 67 heavy (non-hydrogen) atoms. The smallest absolute Gasteiger partial charge is 0.135 e. The van der Waals surface area contributed by atoms with E-state index < -0.39 is 0 Å². The van der Waals surface area contributed by atoms with Gasteiger partial charge in [-0.15, -0.1) is 0 Å². The summed E-state index contributed by atoms with van der Waals surface area (Å²) in [5.41, 5.74) is 18.0. The second kappa shape index (κ2) is 16.0. The highest BCUT2D eigenvalue weighted by Gasteiger charge is 2.17. The van der Waals surface area contributed by atoms with Crippen LogP contribution in [0.5, 0.6) is 0 Å². The second-order valence-corrected chi connectivity index (χ2v) is 17.3. The van der Waals surface area contributed by atoms with Crippen LogP contribution in [-0.4, -0.2) is 4.57 Å². The van der Waals surface area contributed by atoms with Crippen LogP contribution < -0.4 is 4.90 Å². The molecule has 0 bridgehead atoms. The predicted molar refractivity (Wildman–Crippen MR) is 282 cm³/mol. The molecule has 0 saturated heterocycles. The Labute approximate surface area is 388 Å². The standard InChI is InChI=1S/C64H42N2O/c1-2-13-45(14-3-1)54-22-11-15-47-16-12-23-55(64(47)54)46-31-38-52(39-32-46)65(51-36-29-44(30-37-51)49-33-40-63-59(42-49)58-21-6-9-26-62(58)67-63)50-34-27-43(28-35-50)48-17-10-18-53(41-48)66-60-24-7-4-19-56(60)57-20-5-8-25-61(57)66/h1-42H. The number of hydrogen-bond donors (Lipinski definition) is 0. The molecule has 0 aliphatic carbocycles. The molecule has 0 unspecified atom stereocenters. The van der Waals surface area contributed by atoms with Crippen LogP contribution in [0.25, 0.3) is 105 Å². The average molecular weight is 855 g/mol. The number of benzene rings is 11. The first-order chi connectivity index (χ1) is 33.2. The molecule has 0 aliphatic rings. The van der Waals surface area contributed by atoms with E-state index in [9.17, 15) is 0 Å². The van der Waals surface area contributed by atoms with E-state index in [1.807, 2.05) is 12.1 Å². The minimum Gasteiger partial charge on any atom is -0.456 e. The SMILES string of the molecule is c1ccc(-c2cccc3cccc(-c4ccc(N(c5ccc(-c6cccc(-n7c8ccccc8c8ccccc87)c6)cc5)c5ccc(-c6ccc7oc8ccccc8c7c6)cc5)cc4)c23)cc1. The summed E-state index contributed by atoms with van der Waals surface area (Å²) < 4.78 is 8.54. The van der Waals surface area contributed by atoms with Gasteiger partial charge in [0, 0.05) is 44.3 Å². The van der Waals surface area contributed by atoms with Crippen LogP contribution in [-0.2, 0) is 0 Å². The van der Waals surface area contributed by atoms with E-state index in [2.05, 4.69) is 252 Å². The molecule has 0 aliphatic heterocycles. The van der Waals surface area contributed by atoms with Crippen LogP contribution in [0.3, 0.4) is 0 Å². The summed E-state index contributed by atoms with van der Waals surface area (Å²) in [6.45, 7) is 0. The summed E-state index contributed by atoms with van der Waals surface area (Å²) in [6.07, 6.45) is 0. The summed E-state index contributed by atoms with van der Waals surface area (Å²) >= 11 is 0.